The first kappa shape index (κ1) is 15.4. The van der Waals surface area contributed by atoms with Gasteiger partial charge in [0.25, 0.3) is 0 Å². The molecule has 0 amide bonds. The fourth-order valence-electron chi connectivity index (χ4n) is 1.93. The van der Waals surface area contributed by atoms with Crippen LogP contribution < -0.4 is 5.73 Å². The van der Waals surface area contributed by atoms with Gasteiger partial charge < -0.3 is 15.6 Å². The standard InChI is InChI=1S/C13H19ClFNO2/c1-18-9-13(17,5-2-6-16)8-10-3-4-11(14)7-12(10)15/h3-4,7,17H,2,5-6,8-9,16H2,1H3. The van der Waals surface area contributed by atoms with Gasteiger partial charge in [0.05, 0.1) is 12.2 Å². The molecule has 1 aromatic carbocycles. The summed E-state index contributed by atoms with van der Waals surface area (Å²) in [5.74, 6) is -0.412. The van der Waals surface area contributed by atoms with E-state index in [1.54, 1.807) is 12.1 Å². The molecule has 1 aromatic rings. The molecule has 0 fully saturated rings. The molecule has 0 spiro atoms. The van der Waals surface area contributed by atoms with Crippen LogP contribution in [0.3, 0.4) is 0 Å². The Hall–Kier alpha value is -0.680. The summed E-state index contributed by atoms with van der Waals surface area (Å²) >= 11 is 5.69. The van der Waals surface area contributed by atoms with Crippen LogP contribution in [0.25, 0.3) is 0 Å². The first-order valence-electron chi connectivity index (χ1n) is 5.86. The lowest BCUT2D eigenvalue weighted by molar-refractivity contribution is -0.0380. The van der Waals surface area contributed by atoms with Crippen LogP contribution in [0, 0.1) is 5.82 Å². The first-order chi connectivity index (χ1) is 8.50. The van der Waals surface area contributed by atoms with E-state index in [4.69, 9.17) is 22.1 Å². The number of aliphatic hydroxyl groups is 1. The van der Waals surface area contributed by atoms with E-state index >= 15 is 0 Å². The number of ether oxygens (including phenoxy) is 1. The van der Waals surface area contributed by atoms with Gasteiger partial charge in [0.2, 0.25) is 0 Å². The van der Waals surface area contributed by atoms with Crippen molar-refractivity contribution in [2.45, 2.75) is 24.9 Å². The number of rotatable bonds is 7. The van der Waals surface area contributed by atoms with Crippen molar-refractivity contribution in [2.75, 3.05) is 20.3 Å². The van der Waals surface area contributed by atoms with Gasteiger partial charge in [-0.25, -0.2) is 4.39 Å². The van der Waals surface area contributed by atoms with Gasteiger partial charge in [-0.15, -0.1) is 0 Å². The molecule has 1 unspecified atom stereocenters. The molecular formula is C13H19ClFNO2. The van der Waals surface area contributed by atoms with Gasteiger partial charge in [0.15, 0.2) is 0 Å². The molecular weight excluding hydrogens is 257 g/mol. The largest absolute Gasteiger partial charge is 0.387 e. The summed E-state index contributed by atoms with van der Waals surface area (Å²) in [4.78, 5) is 0. The smallest absolute Gasteiger partial charge is 0.127 e. The fraction of sp³-hybridized carbons (Fsp3) is 0.538. The second kappa shape index (κ2) is 7.04. The van der Waals surface area contributed by atoms with Gasteiger partial charge in [0.1, 0.15) is 5.82 Å². The van der Waals surface area contributed by atoms with Crippen molar-refractivity contribution < 1.29 is 14.2 Å². The zero-order chi connectivity index (χ0) is 13.6. The topological polar surface area (TPSA) is 55.5 Å². The minimum absolute atomic E-state index is 0.148. The maximum absolute atomic E-state index is 13.7. The van der Waals surface area contributed by atoms with Crippen molar-refractivity contribution in [3.8, 4) is 0 Å². The third-order valence-corrected chi connectivity index (χ3v) is 3.03. The van der Waals surface area contributed by atoms with E-state index in [1.165, 1.54) is 13.2 Å². The van der Waals surface area contributed by atoms with Gasteiger partial charge in [-0.1, -0.05) is 17.7 Å². The van der Waals surface area contributed by atoms with E-state index < -0.39 is 11.4 Å². The van der Waals surface area contributed by atoms with Crippen molar-refractivity contribution in [3.63, 3.8) is 0 Å². The first-order valence-corrected chi connectivity index (χ1v) is 6.24. The van der Waals surface area contributed by atoms with Gasteiger partial charge in [0, 0.05) is 18.6 Å². The molecule has 0 aromatic heterocycles. The van der Waals surface area contributed by atoms with E-state index in [1.807, 2.05) is 0 Å². The molecule has 3 N–H and O–H groups in total. The zero-order valence-corrected chi connectivity index (χ0v) is 11.2. The summed E-state index contributed by atoms with van der Waals surface area (Å²) in [6.07, 6.45) is 1.32. The molecule has 3 nitrogen and oxygen atoms in total. The number of hydrogen-bond donors (Lipinski definition) is 2. The van der Waals surface area contributed by atoms with Gasteiger partial charge >= 0.3 is 0 Å². The van der Waals surface area contributed by atoms with Crippen LogP contribution in [0.15, 0.2) is 18.2 Å². The molecule has 0 aliphatic rings. The Bertz CT molecular complexity index is 389. The number of methoxy groups -OCH3 is 1. The predicted octanol–water partition coefficient (Wildman–Crippen LogP) is 2.14. The Morgan fingerprint density at radius 3 is 2.78 bits per heavy atom. The molecule has 0 saturated carbocycles. The average Bonchev–Trinajstić information content (AvgIpc) is 2.31. The maximum Gasteiger partial charge on any atom is 0.127 e. The Balaban J connectivity index is 2.81. The van der Waals surface area contributed by atoms with Gasteiger partial charge in [-0.3, -0.25) is 0 Å². The summed E-state index contributed by atoms with van der Waals surface area (Å²) in [6, 6.07) is 4.43. The van der Waals surface area contributed by atoms with E-state index in [0.717, 1.165) is 0 Å². The van der Waals surface area contributed by atoms with Crippen LogP contribution in [0.4, 0.5) is 4.39 Å². The number of benzene rings is 1. The Morgan fingerprint density at radius 2 is 2.22 bits per heavy atom. The molecule has 0 heterocycles. The van der Waals surface area contributed by atoms with Crippen LogP contribution in [0.5, 0.6) is 0 Å². The van der Waals surface area contributed by atoms with Crippen molar-refractivity contribution in [2.24, 2.45) is 5.73 Å². The third-order valence-electron chi connectivity index (χ3n) is 2.79. The number of halogens is 2. The lowest BCUT2D eigenvalue weighted by atomic mass is 9.90. The molecule has 0 aliphatic carbocycles. The molecule has 18 heavy (non-hydrogen) atoms. The van der Waals surface area contributed by atoms with Crippen molar-refractivity contribution in [1.29, 1.82) is 0 Å². The normalized spacial score (nSPS) is 14.5. The highest BCUT2D eigenvalue weighted by molar-refractivity contribution is 6.30. The molecule has 0 saturated heterocycles. The Labute approximate surface area is 112 Å². The molecule has 1 atom stereocenters. The van der Waals surface area contributed by atoms with E-state index in [2.05, 4.69) is 0 Å². The van der Waals surface area contributed by atoms with Crippen LogP contribution in [-0.2, 0) is 11.2 Å². The second-order valence-corrected chi connectivity index (χ2v) is 4.90. The predicted molar refractivity (Wildman–Crippen MR) is 70.2 cm³/mol. The van der Waals surface area contributed by atoms with Crippen molar-refractivity contribution >= 4 is 11.6 Å². The monoisotopic (exact) mass is 275 g/mol. The van der Waals surface area contributed by atoms with Crippen LogP contribution in [0.1, 0.15) is 18.4 Å². The Morgan fingerprint density at radius 1 is 1.50 bits per heavy atom. The molecule has 5 heteroatoms. The highest BCUT2D eigenvalue weighted by atomic mass is 35.5. The molecule has 102 valence electrons. The fourth-order valence-corrected chi connectivity index (χ4v) is 2.09. The van der Waals surface area contributed by atoms with Crippen LogP contribution in [0.2, 0.25) is 5.02 Å². The maximum atomic E-state index is 13.7. The highest BCUT2D eigenvalue weighted by Gasteiger charge is 2.28. The summed E-state index contributed by atoms with van der Waals surface area (Å²) < 4.78 is 18.7. The lowest BCUT2D eigenvalue weighted by Crippen LogP contribution is -2.37. The van der Waals surface area contributed by atoms with E-state index in [9.17, 15) is 9.50 Å². The highest BCUT2D eigenvalue weighted by Crippen LogP contribution is 2.23. The number of nitrogens with two attached hydrogens (primary N) is 1. The van der Waals surface area contributed by atoms with Gasteiger partial charge in [-0.05, 0) is 37.1 Å². The third kappa shape index (κ3) is 4.53. The average molecular weight is 276 g/mol. The minimum atomic E-state index is -1.09. The summed E-state index contributed by atoms with van der Waals surface area (Å²) in [5.41, 5.74) is 4.76. The molecule has 1 rings (SSSR count). The van der Waals surface area contributed by atoms with Crippen LogP contribution >= 0.6 is 11.6 Å². The second-order valence-electron chi connectivity index (χ2n) is 4.46. The Kier molecular flexibility index (Phi) is 6.02. The van der Waals surface area contributed by atoms with Gasteiger partial charge in [-0.2, -0.15) is 0 Å². The summed E-state index contributed by atoms with van der Waals surface area (Å²) in [7, 11) is 1.51. The quantitative estimate of drug-likeness (QED) is 0.802. The number of hydrogen-bond acceptors (Lipinski definition) is 3. The van der Waals surface area contributed by atoms with Crippen molar-refractivity contribution in [1.82, 2.24) is 0 Å². The molecule has 0 aliphatic heterocycles. The van der Waals surface area contributed by atoms with E-state index in [0.29, 0.717) is 30.0 Å². The SMILES string of the molecule is COCC(O)(CCCN)Cc1ccc(Cl)cc1F. The lowest BCUT2D eigenvalue weighted by Gasteiger charge is -2.27. The molecule has 0 radical (unpaired) electrons. The summed E-state index contributed by atoms with van der Waals surface area (Å²) in [5, 5.41) is 10.8. The van der Waals surface area contributed by atoms with Crippen LogP contribution in [-0.4, -0.2) is 31.0 Å². The van der Waals surface area contributed by atoms with Crippen molar-refractivity contribution in [3.05, 3.63) is 34.6 Å². The van der Waals surface area contributed by atoms with E-state index in [-0.39, 0.29) is 13.0 Å². The summed E-state index contributed by atoms with van der Waals surface area (Å²) in [6.45, 7) is 0.629. The zero-order valence-electron chi connectivity index (χ0n) is 10.5. The minimum Gasteiger partial charge on any atom is -0.387 e. The molecule has 0 bridgehead atoms.